The largest absolute Gasteiger partial charge is 0.484 e. The van der Waals surface area contributed by atoms with Gasteiger partial charge in [-0.2, -0.15) is 4.31 Å². The Morgan fingerprint density at radius 1 is 0.974 bits per heavy atom. The smallest absolute Gasteiger partial charge is 0.265 e. The monoisotopic (exact) mass is 551 g/mol. The van der Waals surface area contributed by atoms with Crippen LogP contribution < -0.4 is 19.7 Å². The number of para-hydroxylation sites is 2. The molecule has 0 fully saturated rings. The predicted octanol–water partition coefficient (Wildman–Crippen LogP) is 3.25. The normalized spacial score (nSPS) is 14.8. The second-order valence-electron chi connectivity index (χ2n) is 8.95. The van der Waals surface area contributed by atoms with Gasteiger partial charge in [-0.1, -0.05) is 56.3 Å². The van der Waals surface area contributed by atoms with Gasteiger partial charge in [0.1, 0.15) is 11.5 Å². The molecule has 206 valence electrons. The average Bonchev–Trinajstić information content (AvgIpc) is 2.96. The molecule has 0 saturated heterocycles. The number of benzene rings is 3. The van der Waals surface area contributed by atoms with E-state index in [0.29, 0.717) is 43.2 Å². The number of hydrogen-bond donors (Lipinski definition) is 1. The van der Waals surface area contributed by atoms with Gasteiger partial charge in [-0.25, -0.2) is 8.42 Å². The van der Waals surface area contributed by atoms with Crippen molar-refractivity contribution in [2.45, 2.75) is 31.3 Å². The first-order valence-electron chi connectivity index (χ1n) is 12.9. The highest BCUT2D eigenvalue weighted by atomic mass is 32.2. The highest BCUT2D eigenvalue weighted by molar-refractivity contribution is 7.89. The molecule has 0 unspecified atom stereocenters. The van der Waals surface area contributed by atoms with E-state index in [9.17, 15) is 18.0 Å². The van der Waals surface area contributed by atoms with Crippen LogP contribution in [-0.2, 0) is 26.0 Å². The number of anilines is 1. The molecule has 3 aromatic carbocycles. The molecular formula is C29H33N3O6S. The standard InChI is InChI=1S/C29H33N3O6S/c1-3-31(4-2)39(35,36)24-16-14-23(15-17-24)37-21-28(33)32-20-27(38-26-13-9-8-12-25(26)32)29(34)30-19-18-22-10-6-5-7-11-22/h5-17,27H,3-4,18-21H2,1-2H3,(H,30,34)/t27-/m0/s1. The lowest BCUT2D eigenvalue weighted by molar-refractivity contribution is -0.128. The molecule has 1 N–H and O–H groups in total. The van der Waals surface area contributed by atoms with E-state index in [0.717, 1.165) is 5.56 Å². The lowest BCUT2D eigenvalue weighted by atomic mass is 10.1. The maximum Gasteiger partial charge on any atom is 0.265 e. The topological polar surface area (TPSA) is 105 Å². The summed E-state index contributed by atoms with van der Waals surface area (Å²) in [6, 6.07) is 22.9. The molecule has 0 radical (unpaired) electrons. The summed E-state index contributed by atoms with van der Waals surface area (Å²) < 4.78 is 38.4. The molecule has 0 saturated carbocycles. The molecule has 4 rings (SSSR count). The van der Waals surface area contributed by atoms with E-state index in [2.05, 4.69) is 5.32 Å². The number of amides is 2. The fourth-order valence-electron chi connectivity index (χ4n) is 4.34. The first-order chi connectivity index (χ1) is 18.8. The molecule has 0 aliphatic carbocycles. The summed E-state index contributed by atoms with van der Waals surface area (Å²) >= 11 is 0. The van der Waals surface area contributed by atoms with Crippen molar-refractivity contribution in [3.05, 3.63) is 84.4 Å². The Morgan fingerprint density at radius 2 is 1.64 bits per heavy atom. The third kappa shape index (κ3) is 6.76. The van der Waals surface area contributed by atoms with E-state index >= 15 is 0 Å². The van der Waals surface area contributed by atoms with Gasteiger partial charge in [-0.15, -0.1) is 0 Å². The number of carbonyl (C=O) groups excluding carboxylic acids is 2. The van der Waals surface area contributed by atoms with Crippen molar-refractivity contribution in [3.8, 4) is 11.5 Å². The zero-order chi connectivity index (χ0) is 27.8. The predicted molar refractivity (Wildman–Crippen MR) is 148 cm³/mol. The van der Waals surface area contributed by atoms with E-state index in [1.54, 1.807) is 38.1 Å². The highest BCUT2D eigenvalue weighted by Crippen LogP contribution is 2.33. The minimum atomic E-state index is -3.59. The lowest BCUT2D eigenvalue weighted by Gasteiger charge is -2.34. The van der Waals surface area contributed by atoms with E-state index in [1.165, 1.54) is 33.5 Å². The number of rotatable bonds is 11. The van der Waals surface area contributed by atoms with E-state index in [-0.39, 0.29) is 29.9 Å². The van der Waals surface area contributed by atoms with Crippen LogP contribution in [0.25, 0.3) is 0 Å². The number of sulfonamides is 1. The van der Waals surface area contributed by atoms with Gasteiger partial charge in [-0.05, 0) is 48.4 Å². The number of nitrogens with zero attached hydrogens (tertiary/aromatic N) is 2. The summed E-state index contributed by atoms with van der Waals surface area (Å²) in [5, 5.41) is 2.90. The fraction of sp³-hybridized carbons (Fsp3) is 0.310. The van der Waals surface area contributed by atoms with Crippen LogP contribution in [0, 0.1) is 0 Å². The zero-order valence-electron chi connectivity index (χ0n) is 22.1. The minimum Gasteiger partial charge on any atom is -0.484 e. The van der Waals surface area contributed by atoms with E-state index in [4.69, 9.17) is 9.47 Å². The highest BCUT2D eigenvalue weighted by Gasteiger charge is 2.33. The molecule has 10 heteroatoms. The van der Waals surface area contributed by atoms with Crippen molar-refractivity contribution in [2.75, 3.05) is 37.7 Å². The zero-order valence-corrected chi connectivity index (χ0v) is 22.9. The molecule has 2 amide bonds. The van der Waals surface area contributed by atoms with Crippen LogP contribution in [0.3, 0.4) is 0 Å². The lowest BCUT2D eigenvalue weighted by Crippen LogP contribution is -2.52. The maximum absolute atomic E-state index is 13.2. The van der Waals surface area contributed by atoms with Gasteiger partial charge in [0.25, 0.3) is 11.8 Å². The van der Waals surface area contributed by atoms with Crippen molar-refractivity contribution in [1.82, 2.24) is 9.62 Å². The van der Waals surface area contributed by atoms with Crippen molar-refractivity contribution >= 4 is 27.5 Å². The summed E-state index contributed by atoms with van der Waals surface area (Å²) in [6.07, 6.45) is -0.189. The molecule has 3 aromatic rings. The Labute approximate surface area is 229 Å². The van der Waals surface area contributed by atoms with Crippen molar-refractivity contribution < 1.29 is 27.5 Å². The maximum atomic E-state index is 13.2. The molecule has 0 bridgehead atoms. The number of carbonyl (C=O) groups is 2. The average molecular weight is 552 g/mol. The number of ether oxygens (including phenoxy) is 2. The van der Waals surface area contributed by atoms with E-state index < -0.39 is 16.1 Å². The molecule has 1 heterocycles. The molecule has 9 nitrogen and oxygen atoms in total. The Morgan fingerprint density at radius 3 is 2.33 bits per heavy atom. The van der Waals surface area contributed by atoms with Crippen LogP contribution in [0.2, 0.25) is 0 Å². The minimum absolute atomic E-state index is 0.0391. The van der Waals surface area contributed by atoms with Gasteiger partial charge in [-0.3, -0.25) is 9.59 Å². The molecule has 1 aliphatic rings. The van der Waals surface area contributed by atoms with Crippen LogP contribution in [0.4, 0.5) is 5.69 Å². The molecule has 0 aromatic heterocycles. The third-order valence-corrected chi connectivity index (χ3v) is 8.52. The molecular weight excluding hydrogens is 518 g/mol. The summed E-state index contributed by atoms with van der Waals surface area (Å²) in [5.74, 6) is 0.140. The van der Waals surface area contributed by atoms with Crippen LogP contribution in [-0.4, -0.2) is 63.4 Å². The summed E-state index contributed by atoms with van der Waals surface area (Å²) in [4.78, 5) is 27.7. The molecule has 1 aliphatic heterocycles. The van der Waals surface area contributed by atoms with Crippen LogP contribution in [0.15, 0.2) is 83.8 Å². The number of nitrogens with one attached hydrogen (secondary N) is 1. The summed E-state index contributed by atoms with van der Waals surface area (Å²) in [6.45, 7) is 4.51. The molecule has 39 heavy (non-hydrogen) atoms. The van der Waals surface area contributed by atoms with Crippen LogP contribution in [0.1, 0.15) is 19.4 Å². The van der Waals surface area contributed by atoms with Gasteiger partial charge >= 0.3 is 0 Å². The van der Waals surface area contributed by atoms with Crippen molar-refractivity contribution in [3.63, 3.8) is 0 Å². The first-order valence-corrected chi connectivity index (χ1v) is 14.4. The molecule has 1 atom stereocenters. The van der Waals surface area contributed by atoms with Crippen LogP contribution >= 0.6 is 0 Å². The SMILES string of the molecule is CCN(CC)S(=O)(=O)c1ccc(OCC(=O)N2C[C@@H](C(=O)NCCc3ccccc3)Oc3ccccc32)cc1. The van der Waals surface area contributed by atoms with Crippen LogP contribution in [0.5, 0.6) is 11.5 Å². The molecule has 0 spiro atoms. The van der Waals surface area contributed by atoms with Crippen molar-refractivity contribution in [2.24, 2.45) is 0 Å². The van der Waals surface area contributed by atoms with Crippen molar-refractivity contribution in [1.29, 1.82) is 0 Å². The second-order valence-corrected chi connectivity index (χ2v) is 10.9. The van der Waals surface area contributed by atoms with E-state index in [1.807, 2.05) is 30.3 Å². The summed E-state index contributed by atoms with van der Waals surface area (Å²) in [5.41, 5.74) is 1.67. The van der Waals surface area contributed by atoms with Gasteiger partial charge < -0.3 is 19.7 Å². The Kier molecular flexibility index (Phi) is 9.21. The Bertz CT molecular complexity index is 1380. The number of fused-ring (bicyclic) bond motifs is 1. The Balaban J connectivity index is 1.38. The first kappa shape index (κ1) is 28.1. The Hall–Kier alpha value is -3.89. The van der Waals surface area contributed by atoms with Gasteiger partial charge in [0, 0.05) is 19.6 Å². The quantitative estimate of drug-likeness (QED) is 0.392. The fourth-order valence-corrected chi connectivity index (χ4v) is 5.80. The second kappa shape index (κ2) is 12.8. The third-order valence-electron chi connectivity index (χ3n) is 6.45. The van der Waals surface area contributed by atoms with Gasteiger partial charge in [0.15, 0.2) is 12.7 Å². The van der Waals surface area contributed by atoms with Gasteiger partial charge in [0.05, 0.1) is 17.1 Å². The van der Waals surface area contributed by atoms with Gasteiger partial charge in [0.2, 0.25) is 10.0 Å². The number of hydrogen-bond acceptors (Lipinski definition) is 6. The summed E-state index contributed by atoms with van der Waals surface area (Å²) in [7, 11) is -3.59.